The van der Waals surface area contributed by atoms with E-state index in [2.05, 4.69) is 12.2 Å². The molecule has 0 bridgehead atoms. The Labute approximate surface area is 69.3 Å². The average molecular weight is 157 g/mol. The molecule has 1 rings (SSSR count). The Morgan fingerprint density at radius 3 is 2.73 bits per heavy atom. The smallest absolute Gasteiger partial charge is 0.0724 e. The highest BCUT2D eigenvalue weighted by atomic mass is 16.5. The molecule has 0 heterocycles. The molecule has 0 saturated heterocycles. The summed E-state index contributed by atoms with van der Waals surface area (Å²) in [6.07, 6.45) is 5.67. The monoisotopic (exact) mass is 157 g/mol. The summed E-state index contributed by atoms with van der Waals surface area (Å²) in [7, 11) is 1.82. The first-order valence-corrected chi connectivity index (χ1v) is 4.64. The average Bonchev–Trinajstić information content (AvgIpc) is 2.06. The number of hydrogen-bond acceptors (Lipinski definition) is 2. The van der Waals surface area contributed by atoms with Gasteiger partial charge in [0.25, 0.3) is 0 Å². The molecule has 2 nitrogen and oxygen atoms in total. The number of methoxy groups -OCH3 is 1. The van der Waals surface area contributed by atoms with Gasteiger partial charge in [-0.2, -0.15) is 0 Å². The number of hydrogen-bond donors (Lipinski definition) is 1. The molecule has 11 heavy (non-hydrogen) atoms. The fourth-order valence-corrected chi connectivity index (χ4v) is 1.87. The molecule has 0 aromatic carbocycles. The lowest BCUT2D eigenvalue weighted by atomic mass is 9.92. The fourth-order valence-electron chi connectivity index (χ4n) is 1.87. The second-order valence-corrected chi connectivity index (χ2v) is 3.22. The number of rotatable bonds is 3. The molecule has 2 atom stereocenters. The van der Waals surface area contributed by atoms with E-state index in [4.69, 9.17) is 4.74 Å². The van der Waals surface area contributed by atoms with Gasteiger partial charge < -0.3 is 10.1 Å². The summed E-state index contributed by atoms with van der Waals surface area (Å²) in [4.78, 5) is 0. The molecule has 0 amide bonds. The van der Waals surface area contributed by atoms with E-state index >= 15 is 0 Å². The molecule has 2 heteroatoms. The topological polar surface area (TPSA) is 21.3 Å². The van der Waals surface area contributed by atoms with Gasteiger partial charge in [0.05, 0.1) is 6.10 Å². The van der Waals surface area contributed by atoms with Crippen LogP contribution in [0.1, 0.15) is 32.6 Å². The Balaban J connectivity index is 2.31. The van der Waals surface area contributed by atoms with Crippen molar-refractivity contribution in [1.29, 1.82) is 0 Å². The van der Waals surface area contributed by atoms with E-state index in [0.29, 0.717) is 12.1 Å². The number of ether oxygens (including phenoxy) is 1. The Kier molecular flexibility index (Phi) is 3.87. The van der Waals surface area contributed by atoms with Crippen molar-refractivity contribution in [3.05, 3.63) is 0 Å². The highest BCUT2D eigenvalue weighted by Crippen LogP contribution is 2.20. The number of nitrogens with one attached hydrogen (secondary N) is 1. The van der Waals surface area contributed by atoms with E-state index < -0.39 is 0 Å². The van der Waals surface area contributed by atoms with Crippen LogP contribution in [0.2, 0.25) is 0 Å². The van der Waals surface area contributed by atoms with Crippen LogP contribution in [0.5, 0.6) is 0 Å². The molecule has 0 aliphatic heterocycles. The SMILES string of the molecule is CCN[C@H]1CCCC[C@H]1OC. The van der Waals surface area contributed by atoms with Crippen LogP contribution >= 0.6 is 0 Å². The zero-order valence-corrected chi connectivity index (χ0v) is 7.60. The standard InChI is InChI=1S/C9H19NO/c1-3-10-8-6-4-5-7-9(8)11-2/h8-10H,3-7H2,1-2H3/t8-,9+/m0/s1. The van der Waals surface area contributed by atoms with Crippen molar-refractivity contribution in [2.75, 3.05) is 13.7 Å². The van der Waals surface area contributed by atoms with Gasteiger partial charge in [0.1, 0.15) is 0 Å². The quantitative estimate of drug-likeness (QED) is 0.671. The van der Waals surface area contributed by atoms with Gasteiger partial charge in [-0.15, -0.1) is 0 Å². The van der Waals surface area contributed by atoms with E-state index in [1.165, 1.54) is 25.7 Å². The van der Waals surface area contributed by atoms with E-state index in [9.17, 15) is 0 Å². The van der Waals surface area contributed by atoms with Crippen LogP contribution in [0, 0.1) is 0 Å². The maximum Gasteiger partial charge on any atom is 0.0724 e. The third-order valence-corrected chi connectivity index (χ3v) is 2.47. The predicted molar refractivity (Wildman–Crippen MR) is 46.7 cm³/mol. The van der Waals surface area contributed by atoms with Crippen LogP contribution < -0.4 is 5.32 Å². The second-order valence-electron chi connectivity index (χ2n) is 3.22. The zero-order valence-electron chi connectivity index (χ0n) is 7.60. The summed E-state index contributed by atoms with van der Waals surface area (Å²) in [5, 5.41) is 3.46. The first kappa shape index (κ1) is 9.01. The summed E-state index contributed by atoms with van der Waals surface area (Å²) in [5.41, 5.74) is 0. The van der Waals surface area contributed by atoms with Gasteiger partial charge in [0.15, 0.2) is 0 Å². The minimum Gasteiger partial charge on any atom is -0.380 e. The minimum absolute atomic E-state index is 0.462. The molecule has 1 fully saturated rings. The molecule has 0 aromatic heterocycles. The highest BCUT2D eigenvalue weighted by Gasteiger charge is 2.23. The first-order valence-electron chi connectivity index (χ1n) is 4.64. The highest BCUT2D eigenvalue weighted by molar-refractivity contribution is 4.80. The van der Waals surface area contributed by atoms with Gasteiger partial charge in [-0.25, -0.2) is 0 Å². The van der Waals surface area contributed by atoms with Crippen LogP contribution in [0.25, 0.3) is 0 Å². The van der Waals surface area contributed by atoms with E-state index in [0.717, 1.165) is 6.54 Å². The van der Waals surface area contributed by atoms with Gasteiger partial charge in [-0.05, 0) is 19.4 Å². The van der Waals surface area contributed by atoms with Crippen LogP contribution in [0.4, 0.5) is 0 Å². The summed E-state index contributed by atoms with van der Waals surface area (Å²) in [6, 6.07) is 0.610. The van der Waals surface area contributed by atoms with Crippen molar-refractivity contribution in [3.63, 3.8) is 0 Å². The molecule has 66 valence electrons. The van der Waals surface area contributed by atoms with Gasteiger partial charge in [-0.1, -0.05) is 19.8 Å². The van der Waals surface area contributed by atoms with Crippen LogP contribution in [0.15, 0.2) is 0 Å². The van der Waals surface area contributed by atoms with Crippen LogP contribution in [-0.2, 0) is 4.74 Å². The summed E-state index contributed by atoms with van der Waals surface area (Å²) in [6.45, 7) is 3.21. The molecule has 0 aromatic rings. The summed E-state index contributed by atoms with van der Waals surface area (Å²) < 4.78 is 5.39. The zero-order chi connectivity index (χ0) is 8.10. The molecule has 0 spiro atoms. The Morgan fingerprint density at radius 2 is 2.09 bits per heavy atom. The lowest BCUT2D eigenvalue weighted by Gasteiger charge is -2.30. The van der Waals surface area contributed by atoms with Gasteiger partial charge >= 0.3 is 0 Å². The molecule has 1 N–H and O–H groups in total. The number of likely N-dealkylation sites (N-methyl/N-ethyl adjacent to an activating group) is 1. The van der Waals surface area contributed by atoms with Crippen molar-refractivity contribution >= 4 is 0 Å². The largest absolute Gasteiger partial charge is 0.380 e. The molecule has 1 aliphatic rings. The Morgan fingerprint density at radius 1 is 1.36 bits per heavy atom. The fraction of sp³-hybridized carbons (Fsp3) is 1.00. The molecule has 0 radical (unpaired) electrons. The van der Waals surface area contributed by atoms with Crippen molar-refractivity contribution in [1.82, 2.24) is 5.32 Å². The molecular formula is C9H19NO. The van der Waals surface area contributed by atoms with E-state index in [1.807, 2.05) is 7.11 Å². The molecule has 0 unspecified atom stereocenters. The van der Waals surface area contributed by atoms with Crippen LogP contribution in [0.3, 0.4) is 0 Å². The van der Waals surface area contributed by atoms with Gasteiger partial charge in [0.2, 0.25) is 0 Å². The first-order chi connectivity index (χ1) is 5.38. The lowest BCUT2D eigenvalue weighted by molar-refractivity contribution is 0.0425. The second kappa shape index (κ2) is 4.73. The van der Waals surface area contributed by atoms with Crippen molar-refractivity contribution in [3.8, 4) is 0 Å². The maximum absolute atomic E-state index is 5.39. The summed E-state index contributed by atoms with van der Waals surface area (Å²) >= 11 is 0. The van der Waals surface area contributed by atoms with Crippen LogP contribution in [-0.4, -0.2) is 25.8 Å². The van der Waals surface area contributed by atoms with Crippen molar-refractivity contribution in [2.45, 2.75) is 44.8 Å². The molecule has 1 aliphatic carbocycles. The van der Waals surface area contributed by atoms with E-state index in [1.54, 1.807) is 0 Å². The van der Waals surface area contributed by atoms with Gasteiger partial charge in [0, 0.05) is 13.2 Å². The minimum atomic E-state index is 0.462. The summed E-state index contributed by atoms with van der Waals surface area (Å²) in [5.74, 6) is 0. The molecular weight excluding hydrogens is 138 g/mol. The van der Waals surface area contributed by atoms with Crippen molar-refractivity contribution < 1.29 is 4.74 Å². The van der Waals surface area contributed by atoms with E-state index in [-0.39, 0.29) is 0 Å². The molecule has 1 saturated carbocycles. The van der Waals surface area contributed by atoms with Gasteiger partial charge in [-0.3, -0.25) is 0 Å². The normalized spacial score (nSPS) is 32.2. The third kappa shape index (κ3) is 2.46. The van der Waals surface area contributed by atoms with Crippen molar-refractivity contribution in [2.24, 2.45) is 0 Å². The third-order valence-electron chi connectivity index (χ3n) is 2.47. The maximum atomic E-state index is 5.39. The Hall–Kier alpha value is -0.0800. The lowest BCUT2D eigenvalue weighted by Crippen LogP contribution is -2.42. The Bertz CT molecular complexity index is 104. The predicted octanol–water partition coefficient (Wildman–Crippen LogP) is 1.55.